The molecule has 1 aromatic carbocycles. The maximum Gasteiger partial charge on any atom is 0.0958 e. The van der Waals surface area contributed by atoms with E-state index < -0.39 is 0 Å². The number of rotatable bonds is 5. The highest BCUT2D eigenvalue weighted by atomic mass is 15.0. The lowest BCUT2D eigenvalue weighted by molar-refractivity contribution is 0.198. The Morgan fingerprint density at radius 1 is 1.33 bits per heavy atom. The van der Waals surface area contributed by atoms with Crippen molar-refractivity contribution in [1.82, 2.24) is 14.9 Å². The maximum atomic E-state index is 4.45. The zero-order chi connectivity index (χ0) is 14.7. The van der Waals surface area contributed by atoms with Crippen molar-refractivity contribution in [3.8, 4) is 0 Å². The zero-order valence-electron chi connectivity index (χ0n) is 13.3. The molecule has 1 aromatic heterocycles. The molecule has 1 aliphatic rings. The van der Waals surface area contributed by atoms with Gasteiger partial charge < -0.3 is 9.88 Å². The standard InChI is InChI=1S/C18H27N3/c1-18(2)10-5-7-15(13-18)19-11-6-12-21-14-20-16-8-3-4-9-17(16)21/h3-4,8-9,14-15,19H,5-7,10-13H2,1-2H3. The summed E-state index contributed by atoms with van der Waals surface area (Å²) in [5.74, 6) is 0. The minimum absolute atomic E-state index is 0.524. The van der Waals surface area contributed by atoms with E-state index in [1.165, 1.54) is 31.2 Å². The van der Waals surface area contributed by atoms with Crippen molar-refractivity contribution in [1.29, 1.82) is 0 Å². The molecule has 1 aliphatic carbocycles. The van der Waals surface area contributed by atoms with Crippen LogP contribution >= 0.6 is 0 Å². The average molecular weight is 285 g/mol. The first-order chi connectivity index (χ1) is 10.1. The highest BCUT2D eigenvalue weighted by Gasteiger charge is 2.27. The van der Waals surface area contributed by atoms with Gasteiger partial charge in [0.05, 0.1) is 17.4 Å². The summed E-state index contributed by atoms with van der Waals surface area (Å²) in [6.45, 7) is 6.95. The molecule has 1 heterocycles. The van der Waals surface area contributed by atoms with Crippen LogP contribution < -0.4 is 5.32 Å². The van der Waals surface area contributed by atoms with Gasteiger partial charge in [-0.25, -0.2) is 4.98 Å². The third kappa shape index (κ3) is 3.65. The molecule has 21 heavy (non-hydrogen) atoms. The Kier molecular flexibility index (Phi) is 4.29. The average Bonchev–Trinajstić information content (AvgIpc) is 2.86. The second-order valence-electron chi connectivity index (χ2n) is 7.19. The summed E-state index contributed by atoms with van der Waals surface area (Å²) >= 11 is 0. The molecule has 3 rings (SSSR count). The molecule has 3 heteroatoms. The summed E-state index contributed by atoms with van der Waals surface area (Å²) in [4.78, 5) is 4.45. The van der Waals surface area contributed by atoms with Gasteiger partial charge in [-0.15, -0.1) is 0 Å². The summed E-state index contributed by atoms with van der Waals surface area (Å²) in [6, 6.07) is 9.08. The Labute approximate surface area is 127 Å². The number of benzene rings is 1. The molecule has 1 atom stereocenters. The van der Waals surface area contributed by atoms with Crippen LogP contribution in [0.5, 0.6) is 0 Å². The number of nitrogens with one attached hydrogen (secondary N) is 1. The van der Waals surface area contributed by atoms with Crippen molar-refractivity contribution in [3.63, 3.8) is 0 Å². The van der Waals surface area contributed by atoms with Crippen LogP contribution in [-0.4, -0.2) is 22.1 Å². The quantitative estimate of drug-likeness (QED) is 0.842. The predicted octanol–water partition coefficient (Wildman–Crippen LogP) is 3.98. The first kappa shape index (κ1) is 14.6. The van der Waals surface area contributed by atoms with E-state index in [1.807, 2.05) is 12.4 Å². The third-order valence-electron chi connectivity index (χ3n) is 4.74. The van der Waals surface area contributed by atoms with E-state index >= 15 is 0 Å². The highest BCUT2D eigenvalue weighted by Crippen LogP contribution is 2.34. The Morgan fingerprint density at radius 2 is 2.19 bits per heavy atom. The van der Waals surface area contributed by atoms with Gasteiger partial charge in [-0.1, -0.05) is 32.4 Å². The van der Waals surface area contributed by atoms with E-state index in [1.54, 1.807) is 0 Å². The lowest BCUT2D eigenvalue weighted by Crippen LogP contribution is -2.37. The van der Waals surface area contributed by atoms with E-state index in [0.29, 0.717) is 11.5 Å². The van der Waals surface area contributed by atoms with E-state index in [0.717, 1.165) is 25.0 Å². The number of fused-ring (bicyclic) bond motifs is 1. The van der Waals surface area contributed by atoms with E-state index in [9.17, 15) is 0 Å². The molecule has 1 unspecified atom stereocenters. The molecule has 0 radical (unpaired) electrons. The van der Waals surface area contributed by atoms with Gasteiger partial charge in [-0.2, -0.15) is 0 Å². The highest BCUT2D eigenvalue weighted by molar-refractivity contribution is 5.74. The summed E-state index contributed by atoms with van der Waals surface area (Å²) in [5, 5.41) is 3.75. The Balaban J connectivity index is 1.46. The molecule has 1 N–H and O–H groups in total. The fourth-order valence-electron chi connectivity index (χ4n) is 3.62. The van der Waals surface area contributed by atoms with Crippen LogP contribution in [0.25, 0.3) is 11.0 Å². The smallest absolute Gasteiger partial charge is 0.0958 e. The van der Waals surface area contributed by atoms with Gasteiger partial charge in [0.1, 0.15) is 0 Å². The van der Waals surface area contributed by atoms with Crippen molar-refractivity contribution in [2.24, 2.45) is 5.41 Å². The summed E-state index contributed by atoms with van der Waals surface area (Å²) in [6.07, 6.45) is 8.55. The van der Waals surface area contributed by atoms with E-state index in [-0.39, 0.29) is 0 Å². The number of hydrogen-bond donors (Lipinski definition) is 1. The van der Waals surface area contributed by atoms with Gasteiger partial charge in [-0.3, -0.25) is 0 Å². The first-order valence-electron chi connectivity index (χ1n) is 8.27. The Morgan fingerprint density at radius 3 is 3.05 bits per heavy atom. The molecular formula is C18H27N3. The van der Waals surface area contributed by atoms with Gasteiger partial charge in [-0.05, 0) is 49.8 Å². The SMILES string of the molecule is CC1(C)CCCC(NCCCn2cnc3ccccc32)C1. The molecule has 2 aromatic rings. The monoisotopic (exact) mass is 285 g/mol. The summed E-state index contributed by atoms with van der Waals surface area (Å²) < 4.78 is 2.27. The normalized spacial score (nSPS) is 21.7. The second-order valence-corrected chi connectivity index (χ2v) is 7.19. The molecule has 0 saturated heterocycles. The third-order valence-corrected chi connectivity index (χ3v) is 4.74. The molecular weight excluding hydrogens is 258 g/mol. The van der Waals surface area contributed by atoms with Crippen LogP contribution in [0, 0.1) is 5.41 Å². The van der Waals surface area contributed by atoms with Gasteiger partial charge in [0.25, 0.3) is 0 Å². The van der Waals surface area contributed by atoms with Crippen molar-refractivity contribution >= 4 is 11.0 Å². The van der Waals surface area contributed by atoms with Crippen LogP contribution in [-0.2, 0) is 6.54 Å². The molecule has 0 bridgehead atoms. The van der Waals surface area contributed by atoms with Gasteiger partial charge in [0.15, 0.2) is 0 Å². The summed E-state index contributed by atoms with van der Waals surface area (Å²) in [5.41, 5.74) is 2.87. The van der Waals surface area contributed by atoms with Gasteiger partial charge in [0, 0.05) is 12.6 Å². The molecule has 0 aliphatic heterocycles. The van der Waals surface area contributed by atoms with Crippen molar-refractivity contribution in [2.45, 2.75) is 58.5 Å². The van der Waals surface area contributed by atoms with Crippen molar-refractivity contribution < 1.29 is 0 Å². The van der Waals surface area contributed by atoms with Crippen LogP contribution in [0.1, 0.15) is 46.0 Å². The molecule has 1 fully saturated rings. The molecule has 3 nitrogen and oxygen atoms in total. The predicted molar refractivity (Wildman–Crippen MR) is 88.4 cm³/mol. The minimum atomic E-state index is 0.524. The summed E-state index contributed by atoms with van der Waals surface area (Å²) in [7, 11) is 0. The van der Waals surface area contributed by atoms with Crippen molar-refractivity contribution in [2.75, 3.05) is 6.54 Å². The first-order valence-corrected chi connectivity index (χ1v) is 8.27. The number of aromatic nitrogens is 2. The number of nitrogens with zero attached hydrogens (tertiary/aromatic N) is 2. The fraction of sp³-hybridized carbons (Fsp3) is 0.611. The number of aryl methyl sites for hydroxylation is 1. The number of hydrogen-bond acceptors (Lipinski definition) is 2. The second kappa shape index (κ2) is 6.18. The van der Waals surface area contributed by atoms with E-state index in [2.05, 4.69) is 46.9 Å². The zero-order valence-corrected chi connectivity index (χ0v) is 13.3. The lowest BCUT2D eigenvalue weighted by Gasteiger charge is -2.35. The molecule has 0 amide bonds. The largest absolute Gasteiger partial charge is 0.331 e. The molecule has 114 valence electrons. The van der Waals surface area contributed by atoms with Crippen LogP contribution in [0.2, 0.25) is 0 Å². The fourth-order valence-corrected chi connectivity index (χ4v) is 3.62. The Bertz CT molecular complexity index is 585. The van der Waals surface area contributed by atoms with E-state index in [4.69, 9.17) is 0 Å². The van der Waals surface area contributed by atoms with Crippen LogP contribution in [0.3, 0.4) is 0 Å². The van der Waals surface area contributed by atoms with Gasteiger partial charge in [0.2, 0.25) is 0 Å². The van der Waals surface area contributed by atoms with Gasteiger partial charge >= 0.3 is 0 Å². The van der Waals surface area contributed by atoms with Crippen LogP contribution in [0.4, 0.5) is 0 Å². The minimum Gasteiger partial charge on any atom is -0.331 e. The van der Waals surface area contributed by atoms with Crippen LogP contribution in [0.15, 0.2) is 30.6 Å². The molecule has 1 saturated carbocycles. The number of imidazole rings is 1. The van der Waals surface area contributed by atoms with Crippen molar-refractivity contribution in [3.05, 3.63) is 30.6 Å². The Hall–Kier alpha value is -1.35. The maximum absolute atomic E-state index is 4.45. The lowest BCUT2D eigenvalue weighted by atomic mass is 9.75. The topological polar surface area (TPSA) is 29.9 Å². The molecule has 0 spiro atoms. The number of para-hydroxylation sites is 2.